The summed E-state index contributed by atoms with van der Waals surface area (Å²) in [5.74, 6) is -3.41. The number of rotatable bonds is 6. The second-order valence-electron chi connectivity index (χ2n) is 9.81. The van der Waals surface area contributed by atoms with Crippen molar-refractivity contribution in [3.05, 3.63) is 119 Å². The van der Waals surface area contributed by atoms with Crippen molar-refractivity contribution in [1.82, 2.24) is 14.3 Å². The van der Waals surface area contributed by atoms with Crippen LogP contribution in [0.2, 0.25) is 0 Å². The molecule has 0 radical (unpaired) electrons. The normalized spacial score (nSPS) is 12.0. The molecule has 0 amide bonds. The summed E-state index contributed by atoms with van der Waals surface area (Å²) in [6.07, 6.45) is -2.72. The summed E-state index contributed by atoms with van der Waals surface area (Å²) in [5, 5.41) is 8.75. The van der Waals surface area contributed by atoms with E-state index in [1.165, 1.54) is 12.1 Å². The van der Waals surface area contributed by atoms with Crippen LogP contribution in [0.1, 0.15) is 16.7 Å². The molecule has 0 fully saturated rings. The van der Waals surface area contributed by atoms with Gasteiger partial charge in [-0.15, -0.1) is 0 Å². The molecule has 41 heavy (non-hydrogen) atoms. The predicted molar refractivity (Wildman–Crippen MR) is 146 cm³/mol. The van der Waals surface area contributed by atoms with E-state index in [9.17, 15) is 26.3 Å². The molecule has 0 spiro atoms. The molecule has 208 valence electrons. The summed E-state index contributed by atoms with van der Waals surface area (Å²) in [5.41, 5.74) is 1.70. The van der Waals surface area contributed by atoms with Gasteiger partial charge in [-0.2, -0.15) is 18.3 Å². The van der Waals surface area contributed by atoms with Crippen molar-refractivity contribution >= 4 is 27.5 Å². The lowest BCUT2D eigenvalue weighted by atomic mass is 10.0. The quantitative estimate of drug-likeness (QED) is 0.207. The molecule has 4 nitrogen and oxygen atoms in total. The van der Waals surface area contributed by atoms with Crippen molar-refractivity contribution in [3.8, 4) is 11.3 Å². The molecular weight excluding hydrogens is 542 g/mol. The van der Waals surface area contributed by atoms with E-state index < -0.39 is 41.3 Å². The second kappa shape index (κ2) is 10.0. The van der Waals surface area contributed by atoms with Gasteiger partial charge in [0.05, 0.1) is 17.8 Å². The van der Waals surface area contributed by atoms with E-state index in [1.54, 1.807) is 18.2 Å². The molecule has 0 saturated carbocycles. The Morgan fingerprint density at radius 2 is 1.61 bits per heavy atom. The molecule has 0 unspecified atom stereocenters. The highest BCUT2D eigenvalue weighted by Crippen LogP contribution is 2.39. The van der Waals surface area contributed by atoms with Gasteiger partial charge in [0.15, 0.2) is 0 Å². The number of aromatic nitrogens is 3. The van der Waals surface area contributed by atoms with Crippen LogP contribution in [0.15, 0.2) is 85.1 Å². The maximum Gasteiger partial charge on any atom is 0.418 e. The molecule has 2 heterocycles. The van der Waals surface area contributed by atoms with E-state index >= 15 is 0 Å². The SMILES string of the molecule is Cn1ccc2cc(CNc3cccc(-c4c5cccc(C(F)(F)F)c5nn4Cc4c(F)cc(F)cc4F)c3)ccc21. The third-order valence-corrected chi connectivity index (χ3v) is 7.07. The van der Waals surface area contributed by atoms with Gasteiger partial charge in [-0.25, -0.2) is 13.2 Å². The molecule has 4 aromatic carbocycles. The standard InChI is InChI=1S/C31H22F6N4/c1-40-11-10-19-12-18(8-9-28(19)40)16-38-22-5-2-4-20(13-22)30-23-6-3-7-25(31(35,36)37)29(23)39-41(30)17-24-26(33)14-21(32)15-27(24)34/h2-15,38H,16-17H2,1H3. The molecule has 0 aliphatic carbocycles. The highest BCUT2D eigenvalue weighted by molar-refractivity contribution is 5.96. The zero-order chi connectivity index (χ0) is 28.9. The number of nitrogens with zero attached hydrogens (tertiary/aromatic N) is 3. The van der Waals surface area contributed by atoms with Gasteiger partial charge in [0.1, 0.15) is 23.0 Å². The molecule has 6 aromatic rings. The fraction of sp³-hybridized carbons (Fsp3) is 0.129. The van der Waals surface area contributed by atoms with Crippen molar-refractivity contribution in [2.24, 2.45) is 7.05 Å². The first kappa shape index (κ1) is 26.5. The highest BCUT2D eigenvalue weighted by atomic mass is 19.4. The van der Waals surface area contributed by atoms with Gasteiger partial charge in [0.25, 0.3) is 0 Å². The zero-order valence-electron chi connectivity index (χ0n) is 21.6. The van der Waals surface area contributed by atoms with E-state index in [-0.39, 0.29) is 16.6 Å². The molecule has 0 atom stereocenters. The number of benzene rings is 4. The Morgan fingerprint density at radius 1 is 0.854 bits per heavy atom. The van der Waals surface area contributed by atoms with Crippen LogP contribution >= 0.6 is 0 Å². The number of anilines is 1. The minimum Gasteiger partial charge on any atom is -0.381 e. The van der Waals surface area contributed by atoms with E-state index in [0.717, 1.165) is 27.2 Å². The maximum absolute atomic E-state index is 14.6. The summed E-state index contributed by atoms with van der Waals surface area (Å²) in [6.45, 7) is -0.0630. The minimum atomic E-state index is -4.70. The highest BCUT2D eigenvalue weighted by Gasteiger charge is 2.34. The molecule has 0 saturated heterocycles. The molecular formula is C31H22F6N4. The fourth-order valence-corrected chi connectivity index (χ4v) is 5.09. The first-order valence-corrected chi connectivity index (χ1v) is 12.7. The van der Waals surface area contributed by atoms with Gasteiger partial charge in [-0.3, -0.25) is 4.68 Å². The van der Waals surface area contributed by atoms with Gasteiger partial charge >= 0.3 is 6.18 Å². The molecule has 2 aromatic heterocycles. The number of hydrogen-bond acceptors (Lipinski definition) is 2. The monoisotopic (exact) mass is 564 g/mol. The number of aryl methyl sites for hydroxylation is 1. The number of fused-ring (bicyclic) bond motifs is 2. The Kier molecular flexibility index (Phi) is 6.48. The molecule has 10 heteroatoms. The van der Waals surface area contributed by atoms with Gasteiger partial charge in [0.2, 0.25) is 0 Å². The number of alkyl halides is 3. The van der Waals surface area contributed by atoms with Crippen molar-refractivity contribution < 1.29 is 26.3 Å². The molecule has 1 N–H and O–H groups in total. The summed E-state index contributed by atoms with van der Waals surface area (Å²) in [6, 6.07) is 19.8. The van der Waals surface area contributed by atoms with Crippen LogP contribution in [0.4, 0.5) is 32.0 Å². The first-order valence-electron chi connectivity index (χ1n) is 12.7. The molecule has 0 bridgehead atoms. The van der Waals surface area contributed by atoms with Crippen molar-refractivity contribution in [1.29, 1.82) is 0 Å². The lowest BCUT2D eigenvalue weighted by Gasteiger charge is -2.12. The fourth-order valence-electron chi connectivity index (χ4n) is 5.09. The lowest BCUT2D eigenvalue weighted by Crippen LogP contribution is -2.09. The minimum absolute atomic E-state index is 0.162. The largest absolute Gasteiger partial charge is 0.418 e. The summed E-state index contributed by atoms with van der Waals surface area (Å²) < 4.78 is 87.4. The van der Waals surface area contributed by atoms with Crippen LogP contribution in [0, 0.1) is 17.5 Å². The molecule has 6 rings (SSSR count). The Labute approximate surface area is 230 Å². The van der Waals surface area contributed by atoms with Crippen LogP contribution < -0.4 is 5.32 Å². The van der Waals surface area contributed by atoms with Gasteiger partial charge in [-0.1, -0.05) is 30.3 Å². The van der Waals surface area contributed by atoms with E-state index in [4.69, 9.17) is 0 Å². The average molecular weight is 565 g/mol. The number of hydrogen-bond donors (Lipinski definition) is 1. The van der Waals surface area contributed by atoms with Crippen LogP contribution in [-0.4, -0.2) is 14.3 Å². The summed E-state index contributed by atoms with van der Waals surface area (Å²) in [7, 11) is 1.97. The van der Waals surface area contributed by atoms with Crippen LogP contribution in [0.3, 0.4) is 0 Å². The summed E-state index contributed by atoms with van der Waals surface area (Å²) in [4.78, 5) is 0. The van der Waals surface area contributed by atoms with E-state index in [2.05, 4.69) is 16.5 Å². The summed E-state index contributed by atoms with van der Waals surface area (Å²) >= 11 is 0. The average Bonchev–Trinajstić information content (AvgIpc) is 3.48. The Bertz CT molecular complexity index is 1900. The van der Waals surface area contributed by atoms with E-state index in [0.29, 0.717) is 29.9 Å². The van der Waals surface area contributed by atoms with Crippen molar-refractivity contribution in [3.63, 3.8) is 0 Å². The molecule has 0 aliphatic rings. The Morgan fingerprint density at radius 3 is 2.37 bits per heavy atom. The topological polar surface area (TPSA) is 34.8 Å². The van der Waals surface area contributed by atoms with Crippen molar-refractivity contribution in [2.45, 2.75) is 19.3 Å². The predicted octanol–water partition coefficient (Wildman–Crippen LogP) is 8.29. The van der Waals surface area contributed by atoms with Crippen LogP contribution in [-0.2, 0) is 26.3 Å². The zero-order valence-corrected chi connectivity index (χ0v) is 21.6. The van der Waals surface area contributed by atoms with Gasteiger partial charge in [-0.05, 0) is 47.3 Å². The van der Waals surface area contributed by atoms with Gasteiger partial charge in [0, 0.05) is 59.6 Å². The molecule has 0 aliphatic heterocycles. The Hall–Kier alpha value is -4.73. The van der Waals surface area contributed by atoms with Gasteiger partial charge < -0.3 is 9.88 Å². The third-order valence-electron chi connectivity index (χ3n) is 7.07. The number of nitrogens with one attached hydrogen (secondary N) is 1. The third kappa shape index (κ3) is 5.01. The van der Waals surface area contributed by atoms with Crippen LogP contribution in [0.5, 0.6) is 0 Å². The van der Waals surface area contributed by atoms with Crippen LogP contribution in [0.25, 0.3) is 33.1 Å². The Balaban J connectivity index is 1.41. The van der Waals surface area contributed by atoms with E-state index in [1.807, 2.05) is 42.1 Å². The first-order chi connectivity index (χ1) is 19.6. The lowest BCUT2D eigenvalue weighted by molar-refractivity contribution is -0.136. The second-order valence-corrected chi connectivity index (χ2v) is 9.81. The smallest absolute Gasteiger partial charge is 0.381 e. The van der Waals surface area contributed by atoms with Crippen molar-refractivity contribution in [2.75, 3.05) is 5.32 Å². The number of halogens is 6. The maximum atomic E-state index is 14.6.